The van der Waals surface area contributed by atoms with Crippen molar-refractivity contribution in [2.24, 2.45) is 0 Å². The van der Waals surface area contributed by atoms with Crippen LogP contribution in [0.2, 0.25) is 0 Å². The zero-order valence-corrected chi connectivity index (χ0v) is 15.1. The lowest BCUT2D eigenvalue weighted by Gasteiger charge is -2.14. The Balaban J connectivity index is 2.13. The number of rotatable bonds is 8. The normalized spacial score (nSPS) is 12.5. The highest BCUT2D eigenvalue weighted by molar-refractivity contribution is 7.91. The van der Waals surface area contributed by atoms with Gasteiger partial charge in [-0.3, -0.25) is 9.59 Å². The molecule has 1 aromatic carbocycles. The maximum Gasteiger partial charge on any atom is 0.326 e. The first-order chi connectivity index (χ1) is 11.8. The molecule has 0 aliphatic carbocycles. The van der Waals surface area contributed by atoms with Gasteiger partial charge in [0.25, 0.3) is 10.0 Å². The van der Waals surface area contributed by atoms with Gasteiger partial charge in [0.1, 0.15) is 10.3 Å². The van der Waals surface area contributed by atoms with Crippen LogP contribution in [0.3, 0.4) is 0 Å². The minimum Gasteiger partial charge on any atom is -0.480 e. The zero-order chi connectivity index (χ0) is 18.4. The summed E-state index contributed by atoms with van der Waals surface area (Å²) in [5, 5.41) is 12.0. The second kappa shape index (κ2) is 8.24. The quantitative estimate of drug-likeness (QED) is 0.641. The van der Waals surface area contributed by atoms with Gasteiger partial charge in [-0.05, 0) is 24.1 Å². The van der Waals surface area contributed by atoms with Crippen LogP contribution in [0.1, 0.15) is 23.4 Å². The molecule has 1 aromatic heterocycles. The largest absolute Gasteiger partial charge is 0.480 e. The van der Waals surface area contributed by atoms with Crippen LogP contribution in [-0.2, 0) is 26.0 Å². The third-order valence-corrected chi connectivity index (χ3v) is 6.36. The number of benzene rings is 1. The van der Waals surface area contributed by atoms with Gasteiger partial charge in [-0.1, -0.05) is 30.3 Å². The lowest BCUT2D eigenvalue weighted by Crippen LogP contribution is -2.33. The fraction of sp³-hybridized carbons (Fsp3) is 0.250. The monoisotopic (exact) mass is 382 g/mol. The van der Waals surface area contributed by atoms with Crippen LogP contribution >= 0.6 is 11.3 Å². The molecule has 0 saturated carbocycles. The molecule has 3 N–H and O–H groups in total. The SMILES string of the molecule is CC(=O)NCCc1ccc(S(=O)(=O)N[C@H](C(=O)O)c2ccccc2)s1. The van der Waals surface area contributed by atoms with Crippen molar-refractivity contribution < 1.29 is 23.1 Å². The number of carbonyl (C=O) groups excluding carboxylic acids is 1. The van der Waals surface area contributed by atoms with Crippen LogP contribution in [0.25, 0.3) is 0 Å². The molecule has 0 unspecified atom stereocenters. The van der Waals surface area contributed by atoms with Crippen LogP contribution in [0.15, 0.2) is 46.7 Å². The first-order valence-corrected chi connectivity index (χ1v) is 9.73. The number of carboxylic acid groups (broad SMARTS) is 1. The summed E-state index contributed by atoms with van der Waals surface area (Å²) in [4.78, 5) is 23.1. The zero-order valence-electron chi connectivity index (χ0n) is 13.4. The fourth-order valence-electron chi connectivity index (χ4n) is 2.12. The second-order valence-corrected chi connectivity index (χ2v) is 8.37. The van der Waals surface area contributed by atoms with Crippen LogP contribution in [0.4, 0.5) is 0 Å². The highest BCUT2D eigenvalue weighted by atomic mass is 32.2. The molecule has 0 fully saturated rings. The first kappa shape index (κ1) is 19.1. The average Bonchev–Trinajstić information content (AvgIpc) is 3.03. The number of carbonyl (C=O) groups is 2. The Morgan fingerprint density at radius 2 is 1.84 bits per heavy atom. The van der Waals surface area contributed by atoms with E-state index in [1.54, 1.807) is 36.4 Å². The van der Waals surface area contributed by atoms with Crippen LogP contribution in [0, 0.1) is 0 Å². The van der Waals surface area contributed by atoms with Crippen molar-refractivity contribution in [2.45, 2.75) is 23.6 Å². The van der Waals surface area contributed by atoms with Crippen LogP contribution < -0.4 is 10.0 Å². The molecule has 0 aliphatic heterocycles. The van der Waals surface area contributed by atoms with Gasteiger partial charge in [0, 0.05) is 18.3 Å². The van der Waals surface area contributed by atoms with Crippen molar-refractivity contribution in [1.29, 1.82) is 0 Å². The predicted molar refractivity (Wildman–Crippen MR) is 93.8 cm³/mol. The molecule has 0 radical (unpaired) electrons. The molecule has 0 bridgehead atoms. The Bertz CT molecular complexity index is 846. The number of sulfonamides is 1. The standard InChI is InChI=1S/C16H18N2O5S2/c1-11(19)17-10-9-13-7-8-14(24-13)25(22,23)18-15(16(20)21)12-5-3-2-4-6-12/h2-8,15,18H,9-10H2,1H3,(H,17,19)(H,20,21)/t15-/m0/s1. The van der Waals surface area contributed by atoms with Gasteiger partial charge in [0.15, 0.2) is 0 Å². The van der Waals surface area contributed by atoms with E-state index in [4.69, 9.17) is 0 Å². The highest BCUT2D eigenvalue weighted by Gasteiger charge is 2.27. The number of hydrogen-bond donors (Lipinski definition) is 3. The maximum absolute atomic E-state index is 12.5. The number of carboxylic acids is 1. The molecular weight excluding hydrogens is 364 g/mol. The summed E-state index contributed by atoms with van der Waals surface area (Å²) < 4.78 is 27.2. The molecule has 1 amide bonds. The summed E-state index contributed by atoms with van der Waals surface area (Å²) in [6.45, 7) is 1.81. The van der Waals surface area contributed by atoms with E-state index in [1.165, 1.54) is 13.0 Å². The van der Waals surface area contributed by atoms with Crippen LogP contribution in [0.5, 0.6) is 0 Å². The van der Waals surface area contributed by atoms with Gasteiger partial charge in [0.2, 0.25) is 5.91 Å². The van der Waals surface area contributed by atoms with Crippen molar-refractivity contribution in [3.05, 3.63) is 52.9 Å². The number of aliphatic carboxylic acids is 1. The predicted octanol–water partition coefficient (Wildman–Crippen LogP) is 1.53. The van der Waals surface area contributed by atoms with Gasteiger partial charge in [-0.2, -0.15) is 4.72 Å². The third-order valence-electron chi connectivity index (χ3n) is 3.30. The van der Waals surface area contributed by atoms with E-state index in [2.05, 4.69) is 10.0 Å². The Morgan fingerprint density at radius 1 is 1.16 bits per heavy atom. The first-order valence-electron chi connectivity index (χ1n) is 7.43. The minimum atomic E-state index is -3.97. The lowest BCUT2D eigenvalue weighted by molar-refractivity contribution is -0.139. The van der Waals surface area contributed by atoms with E-state index in [9.17, 15) is 23.1 Å². The van der Waals surface area contributed by atoms with E-state index >= 15 is 0 Å². The van der Waals surface area contributed by atoms with Crippen molar-refractivity contribution in [3.63, 3.8) is 0 Å². The van der Waals surface area contributed by atoms with E-state index in [0.717, 1.165) is 16.2 Å². The summed E-state index contributed by atoms with van der Waals surface area (Å²) in [6, 6.07) is 9.83. The molecule has 0 spiro atoms. The van der Waals surface area contributed by atoms with Gasteiger partial charge in [-0.15, -0.1) is 11.3 Å². The maximum atomic E-state index is 12.5. The molecule has 0 saturated heterocycles. The Labute approximate surface area is 149 Å². The van der Waals surface area contributed by atoms with E-state index in [0.29, 0.717) is 18.5 Å². The van der Waals surface area contributed by atoms with Crippen molar-refractivity contribution >= 4 is 33.2 Å². The van der Waals surface area contributed by atoms with Gasteiger partial charge < -0.3 is 10.4 Å². The second-order valence-electron chi connectivity index (χ2n) is 5.26. The van der Waals surface area contributed by atoms with Gasteiger partial charge in [-0.25, -0.2) is 8.42 Å². The van der Waals surface area contributed by atoms with Gasteiger partial charge in [0.05, 0.1) is 0 Å². The van der Waals surface area contributed by atoms with E-state index in [-0.39, 0.29) is 10.1 Å². The molecule has 7 nitrogen and oxygen atoms in total. The molecule has 134 valence electrons. The minimum absolute atomic E-state index is 0.0347. The number of thiophene rings is 1. The Morgan fingerprint density at radius 3 is 2.44 bits per heavy atom. The third kappa shape index (κ3) is 5.38. The summed E-state index contributed by atoms with van der Waals surface area (Å²) in [5.74, 6) is -1.43. The molecule has 1 heterocycles. The Kier molecular flexibility index (Phi) is 6.29. The van der Waals surface area contributed by atoms with Crippen molar-refractivity contribution in [3.8, 4) is 0 Å². The fourth-order valence-corrected chi connectivity index (χ4v) is 4.67. The molecule has 0 aliphatic rings. The smallest absolute Gasteiger partial charge is 0.326 e. The van der Waals surface area contributed by atoms with E-state index in [1.807, 2.05) is 0 Å². The lowest BCUT2D eigenvalue weighted by atomic mass is 10.1. The number of hydrogen-bond acceptors (Lipinski definition) is 5. The molecule has 2 aromatic rings. The number of nitrogens with one attached hydrogen (secondary N) is 2. The molecule has 25 heavy (non-hydrogen) atoms. The average molecular weight is 382 g/mol. The molecular formula is C16H18N2O5S2. The summed E-state index contributed by atoms with van der Waals surface area (Å²) >= 11 is 1.05. The summed E-state index contributed by atoms with van der Waals surface area (Å²) in [5.41, 5.74) is 0.348. The number of amides is 1. The molecule has 1 atom stereocenters. The molecule has 2 rings (SSSR count). The van der Waals surface area contributed by atoms with Gasteiger partial charge >= 0.3 is 5.97 Å². The van der Waals surface area contributed by atoms with Crippen molar-refractivity contribution in [2.75, 3.05) is 6.54 Å². The van der Waals surface area contributed by atoms with Crippen molar-refractivity contribution in [1.82, 2.24) is 10.0 Å². The summed E-state index contributed by atoms with van der Waals surface area (Å²) in [6.07, 6.45) is 0.501. The summed E-state index contributed by atoms with van der Waals surface area (Å²) in [7, 11) is -3.97. The highest BCUT2D eigenvalue weighted by Crippen LogP contribution is 2.24. The van der Waals surface area contributed by atoms with E-state index < -0.39 is 22.0 Å². The topological polar surface area (TPSA) is 113 Å². The Hall–Kier alpha value is -2.23. The van der Waals surface area contributed by atoms with Crippen LogP contribution in [-0.4, -0.2) is 31.9 Å². The molecule has 9 heteroatoms.